The van der Waals surface area contributed by atoms with Gasteiger partial charge in [-0.3, -0.25) is 4.79 Å². The van der Waals surface area contributed by atoms with E-state index in [1.807, 2.05) is 42.5 Å². The molecule has 5 aromatic rings. The Balaban J connectivity index is 0.00000173. The fraction of sp³-hybridized carbons (Fsp3) is 0.321. The van der Waals surface area contributed by atoms with Crippen molar-refractivity contribution < 1.29 is 24.4 Å². The number of imidazole rings is 2. The number of rotatable bonds is 7. The van der Waals surface area contributed by atoms with Gasteiger partial charge < -0.3 is 33.9 Å². The van der Waals surface area contributed by atoms with E-state index in [1.54, 1.807) is 10.8 Å². The van der Waals surface area contributed by atoms with Gasteiger partial charge in [0.1, 0.15) is 18.3 Å². The molecule has 4 unspecified atom stereocenters. The van der Waals surface area contributed by atoms with E-state index in [4.69, 9.17) is 24.1 Å². The highest BCUT2D eigenvalue weighted by Crippen LogP contribution is 2.48. The molecule has 11 nitrogen and oxygen atoms in total. The highest BCUT2D eigenvalue weighted by molar-refractivity contribution is 8.41. The van der Waals surface area contributed by atoms with Crippen LogP contribution in [0.3, 0.4) is 0 Å². The minimum absolute atomic E-state index is 0.0103. The standard InChI is InChI=1S/C27H28N5O5PS2.CH4O/c1-15(2)16-8-10-18(11-9-16)40-27-29-22-24(31(27)13-20(33)23-21(34)14-36-38(39)37-23)30-26-28-19(12-32(26)25(22)35)17-6-4-3-5-7-17;1-2/h3-12,15,20-21,23,33-34,39H,13-14H2,1-2H3,(H,28,30);2H,1H3. The van der Waals surface area contributed by atoms with Crippen molar-refractivity contribution in [2.75, 3.05) is 13.7 Å². The van der Waals surface area contributed by atoms with Crippen LogP contribution in [0.2, 0.25) is 0 Å². The Labute approximate surface area is 252 Å². The summed E-state index contributed by atoms with van der Waals surface area (Å²) < 4.78 is 14.1. The first kappa shape index (κ1) is 30.7. The summed E-state index contributed by atoms with van der Waals surface area (Å²) in [6, 6.07) is 17.8. The molecule has 0 bridgehead atoms. The van der Waals surface area contributed by atoms with Crippen molar-refractivity contribution in [2.24, 2.45) is 0 Å². The van der Waals surface area contributed by atoms with Crippen LogP contribution < -0.4 is 5.56 Å². The van der Waals surface area contributed by atoms with E-state index in [-0.39, 0.29) is 24.2 Å². The average molecular weight is 630 g/mol. The lowest BCUT2D eigenvalue weighted by atomic mass is 10.0. The zero-order chi connectivity index (χ0) is 30.0. The molecule has 3 aromatic heterocycles. The molecule has 0 aliphatic carbocycles. The fourth-order valence-corrected chi connectivity index (χ4v) is 6.87. The summed E-state index contributed by atoms with van der Waals surface area (Å²) in [5.74, 6) is 0.751. The summed E-state index contributed by atoms with van der Waals surface area (Å²) in [6.45, 7) is 4.26. The maximum absolute atomic E-state index is 13.6. The normalized spacial score (nSPS) is 19.7. The maximum atomic E-state index is 13.6. The second-order valence-corrected chi connectivity index (χ2v) is 12.9. The number of aromatic nitrogens is 5. The molecule has 222 valence electrons. The largest absolute Gasteiger partial charge is 0.400 e. The number of hydrogen-bond acceptors (Lipinski definition) is 10. The van der Waals surface area contributed by atoms with Crippen LogP contribution in [0, 0.1) is 0 Å². The molecule has 1 fully saturated rings. The van der Waals surface area contributed by atoms with Crippen molar-refractivity contribution in [2.45, 2.75) is 54.7 Å². The van der Waals surface area contributed by atoms with E-state index in [1.165, 1.54) is 21.7 Å². The number of nitrogens with one attached hydrogen (secondary N) is 1. The third-order valence-electron chi connectivity index (χ3n) is 6.81. The van der Waals surface area contributed by atoms with Gasteiger partial charge in [0.15, 0.2) is 16.3 Å². The highest BCUT2D eigenvalue weighted by Gasteiger charge is 2.36. The van der Waals surface area contributed by atoms with Crippen molar-refractivity contribution in [1.29, 1.82) is 0 Å². The topological polar surface area (TPSA) is 147 Å². The van der Waals surface area contributed by atoms with Crippen LogP contribution in [-0.4, -0.2) is 71.3 Å². The van der Waals surface area contributed by atoms with Crippen LogP contribution in [0.5, 0.6) is 0 Å². The lowest BCUT2D eigenvalue weighted by molar-refractivity contribution is -0.0837. The number of aliphatic hydroxyl groups excluding tert-OH is 3. The van der Waals surface area contributed by atoms with Crippen molar-refractivity contribution in [3.8, 4) is 11.3 Å². The quantitative estimate of drug-likeness (QED) is 0.132. The van der Waals surface area contributed by atoms with Gasteiger partial charge in [0.05, 0.1) is 18.8 Å². The first-order chi connectivity index (χ1) is 20.3. The van der Waals surface area contributed by atoms with E-state index in [9.17, 15) is 15.0 Å². The molecule has 6 rings (SSSR count). The number of aliphatic hydroxyl groups is 3. The minimum Gasteiger partial charge on any atom is -0.400 e. The first-order valence-electron chi connectivity index (χ1n) is 13.2. The van der Waals surface area contributed by atoms with Crippen LogP contribution in [-0.2, 0) is 15.6 Å². The molecule has 4 atom stereocenters. The molecule has 14 heteroatoms. The molecule has 4 N–H and O–H groups in total. The molecule has 0 spiro atoms. The second-order valence-electron chi connectivity index (χ2n) is 9.89. The number of hydrogen-bond donors (Lipinski definition) is 5. The summed E-state index contributed by atoms with van der Waals surface area (Å²) in [5, 5.41) is 29.1. The van der Waals surface area contributed by atoms with Gasteiger partial charge in [0.2, 0.25) is 13.4 Å². The predicted octanol–water partition coefficient (Wildman–Crippen LogP) is 4.22. The number of H-pyrrole nitrogens is 1. The Morgan fingerprint density at radius 3 is 2.55 bits per heavy atom. The Kier molecular flexibility index (Phi) is 9.70. The third-order valence-corrected chi connectivity index (χ3v) is 9.23. The van der Waals surface area contributed by atoms with Gasteiger partial charge in [0, 0.05) is 18.2 Å². The monoisotopic (exact) mass is 629 g/mol. The molecule has 0 saturated carbocycles. The third kappa shape index (κ3) is 6.29. The Morgan fingerprint density at radius 1 is 1.14 bits per heavy atom. The SMILES string of the molecule is CC(C)c1ccc(Sc2nc3c(=O)n4cc(-c5ccccc5)[nH]c4nc3n2CC(O)C2OP(S)OCC2O)cc1.CO. The Hall–Kier alpha value is -2.74. The van der Waals surface area contributed by atoms with Crippen LogP contribution in [0.4, 0.5) is 0 Å². The Morgan fingerprint density at radius 2 is 1.86 bits per heavy atom. The lowest BCUT2D eigenvalue weighted by Gasteiger charge is -2.33. The molecular weight excluding hydrogens is 597 g/mol. The zero-order valence-electron chi connectivity index (χ0n) is 23.2. The van der Waals surface area contributed by atoms with Gasteiger partial charge in [-0.2, -0.15) is 4.98 Å². The summed E-state index contributed by atoms with van der Waals surface area (Å²) in [7, 11) is -0.522. The van der Waals surface area contributed by atoms with Crippen molar-refractivity contribution >= 4 is 48.5 Å². The molecule has 0 radical (unpaired) electrons. The molecule has 1 aliphatic heterocycles. The summed E-state index contributed by atoms with van der Waals surface area (Å²) in [4.78, 5) is 27.2. The molecule has 4 heterocycles. The maximum Gasteiger partial charge on any atom is 0.287 e. The van der Waals surface area contributed by atoms with Crippen LogP contribution in [0.15, 0.2) is 75.6 Å². The summed E-state index contributed by atoms with van der Waals surface area (Å²) >= 11 is 5.61. The number of nitrogens with zero attached hydrogens (tertiary/aromatic N) is 4. The van der Waals surface area contributed by atoms with Gasteiger partial charge in [-0.25, -0.2) is 9.38 Å². The van der Waals surface area contributed by atoms with Crippen molar-refractivity contribution in [1.82, 2.24) is 23.9 Å². The smallest absolute Gasteiger partial charge is 0.287 e. The first-order valence-corrected chi connectivity index (χ1v) is 16.4. The molecule has 0 amide bonds. The molecular formula is C28H32N5O6PS2. The average Bonchev–Trinajstić information content (AvgIpc) is 3.58. The van der Waals surface area contributed by atoms with E-state index in [2.05, 4.69) is 43.2 Å². The van der Waals surface area contributed by atoms with E-state index < -0.39 is 25.9 Å². The van der Waals surface area contributed by atoms with Crippen LogP contribution >= 0.6 is 31.6 Å². The second kappa shape index (κ2) is 13.3. The number of fused-ring (bicyclic) bond motifs is 2. The number of benzene rings is 2. The van der Waals surface area contributed by atoms with Gasteiger partial charge in [0.25, 0.3) is 5.56 Å². The van der Waals surface area contributed by atoms with E-state index in [0.717, 1.165) is 23.3 Å². The van der Waals surface area contributed by atoms with E-state index in [0.29, 0.717) is 22.5 Å². The predicted molar refractivity (Wildman–Crippen MR) is 166 cm³/mol. The molecule has 2 aromatic carbocycles. The molecule has 1 saturated heterocycles. The fourth-order valence-electron chi connectivity index (χ4n) is 4.63. The Bertz CT molecular complexity index is 1710. The zero-order valence-corrected chi connectivity index (χ0v) is 25.8. The van der Waals surface area contributed by atoms with Gasteiger partial charge >= 0.3 is 0 Å². The summed E-state index contributed by atoms with van der Waals surface area (Å²) in [6.07, 6.45) is -1.37. The number of aromatic amines is 1. The molecule has 1 aliphatic rings. The van der Waals surface area contributed by atoms with Crippen LogP contribution in [0.25, 0.3) is 28.2 Å². The summed E-state index contributed by atoms with van der Waals surface area (Å²) in [5.41, 5.74) is 3.04. The lowest BCUT2D eigenvalue weighted by Crippen LogP contribution is -2.45. The van der Waals surface area contributed by atoms with Gasteiger partial charge in [-0.1, -0.05) is 80.3 Å². The number of thiol groups is 1. The van der Waals surface area contributed by atoms with E-state index >= 15 is 0 Å². The highest BCUT2D eigenvalue weighted by atomic mass is 32.7. The van der Waals surface area contributed by atoms with Crippen molar-refractivity contribution in [3.63, 3.8) is 0 Å². The molecule has 42 heavy (non-hydrogen) atoms. The van der Waals surface area contributed by atoms with Crippen LogP contribution in [0.1, 0.15) is 25.3 Å². The van der Waals surface area contributed by atoms with Gasteiger partial charge in [-0.05, 0) is 29.2 Å². The minimum atomic E-state index is -1.52. The van der Waals surface area contributed by atoms with Gasteiger partial charge in [-0.15, -0.1) is 0 Å². The van der Waals surface area contributed by atoms with Crippen molar-refractivity contribution in [3.05, 3.63) is 76.7 Å².